The number of hydrogen-bond acceptors (Lipinski definition) is 5. The molecule has 1 aromatic rings. The molecular weight excluding hydrogens is 238 g/mol. The Kier molecular flexibility index (Phi) is 5.11. The number of amides is 1. The van der Waals surface area contributed by atoms with Gasteiger partial charge in [0.05, 0.1) is 11.9 Å². The number of nitrogens with two attached hydrogens (primary N) is 2. The van der Waals surface area contributed by atoms with Crippen molar-refractivity contribution in [1.82, 2.24) is 5.43 Å². The molecule has 0 bridgehead atoms. The SMILES string of the molecule is CCOc1ccc(N)c(SC(C)C(=O)NN)c1. The highest BCUT2D eigenvalue weighted by molar-refractivity contribution is 8.00. The molecular formula is C11H17N3O2S. The van der Waals surface area contributed by atoms with Crippen molar-refractivity contribution in [3.63, 3.8) is 0 Å². The van der Waals surface area contributed by atoms with Crippen LogP contribution in [0.4, 0.5) is 5.69 Å². The zero-order valence-corrected chi connectivity index (χ0v) is 10.7. The molecule has 0 aliphatic carbocycles. The number of nitrogens with one attached hydrogen (secondary N) is 1. The Bertz CT molecular complexity index is 398. The minimum Gasteiger partial charge on any atom is -0.494 e. The van der Waals surface area contributed by atoms with Crippen molar-refractivity contribution in [1.29, 1.82) is 0 Å². The summed E-state index contributed by atoms with van der Waals surface area (Å²) in [7, 11) is 0. The maximum Gasteiger partial charge on any atom is 0.247 e. The summed E-state index contributed by atoms with van der Waals surface area (Å²) >= 11 is 1.35. The van der Waals surface area contributed by atoms with E-state index in [-0.39, 0.29) is 11.2 Å². The third-order valence-electron chi connectivity index (χ3n) is 2.11. The molecule has 1 aromatic carbocycles. The summed E-state index contributed by atoms with van der Waals surface area (Å²) in [5.74, 6) is 5.57. The van der Waals surface area contributed by atoms with E-state index in [0.29, 0.717) is 12.3 Å². The van der Waals surface area contributed by atoms with Gasteiger partial charge >= 0.3 is 0 Å². The third-order valence-corrected chi connectivity index (χ3v) is 3.29. The lowest BCUT2D eigenvalue weighted by molar-refractivity contribution is -0.120. The van der Waals surface area contributed by atoms with E-state index in [2.05, 4.69) is 5.43 Å². The topological polar surface area (TPSA) is 90.4 Å². The molecule has 1 amide bonds. The molecule has 5 nitrogen and oxygen atoms in total. The first-order valence-electron chi connectivity index (χ1n) is 5.28. The first-order chi connectivity index (χ1) is 8.08. The van der Waals surface area contributed by atoms with Crippen molar-refractivity contribution in [2.75, 3.05) is 12.3 Å². The molecule has 0 saturated heterocycles. The van der Waals surface area contributed by atoms with Crippen LogP contribution in [0.3, 0.4) is 0 Å². The van der Waals surface area contributed by atoms with Gasteiger partial charge in [0.2, 0.25) is 5.91 Å². The van der Waals surface area contributed by atoms with Crippen LogP contribution in [0.15, 0.2) is 23.1 Å². The van der Waals surface area contributed by atoms with E-state index in [1.807, 2.05) is 13.0 Å². The molecule has 6 heteroatoms. The molecule has 1 rings (SSSR count). The first kappa shape index (κ1) is 13.7. The number of hydrogen-bond donors (Lipinski definition) is 3. The predicted octanol–water partition coefficient (Wildman–Crippen LogP) is 1.14. The van der Waals surface area contributed by atoms with Crippen LogP contribution in [0.25, 0.3) is 0 Å². The van der Waals surface area contributed by atoms with Gasteiger partial charge in [0.25, 0.3) is 0 Å². The largest absolute Gasteiger partial charge is 0.494 e. The zero-order valence-electron chi connectivity index (χ0n) is 9.90. The molecule has 1 atom stereocenters. The maximum atomic E-state index is 11.3. The highest BCUT2D eigenvalue weighted by Gasteiger charge is 2.14. The lowest BCUT2D eigenvalue weighted by Gasteiger charge is -2.12. The average Bonchev–Trinajstić information content (AvgIpc) is 2.32. The molecule has 5 N–H and O–H groups in total. The van der Waals surface area contributed by atoms with Crippen molar-refractivity contribution in [3.05, 3.63) is 18.2 Å². The van der Waals surface area contributed by atoms with Crippen LogP contribution in [0.2, 0.25) is 0 Å². The molecule has 0 spiro atoms. The number of anilines is 1. The van der Waals surface area contributed by atoms with E-state index in [4.69, 9.17) is 16.3 Å². The van der Waals surface area contributed by atoms with Crippen LogP contribution >= 0.6 is 11.8 Å². The van der Waals surface area contributed by atoms with Gasteiger partial charge in [-0.05, 0) is 32.0 Å². The Morgan fingerprint density at radius 1 is 1.59 bits per heavy atom. The van der Waals surface area contributed by atoms with Gasteiger partial charge in [-0.25, -0.2) is 5.84 Å². The van der Waals surface area contributed by atoms with Crippen LogP contribution < -0.4 is 21.7 Å². The Labute approximate surface area is 105 Å². The first-order valence-corrected chi connectivity index (χ1v) is 6.15. The van der Waals surface area contributed by atoms with Crippen LogP contribution in [0.1, 0.15) is 13.8 Å². The number of hydrazine groups is 1. The molecule has 94 valence electrons. The Morgan fingerprint density at radius 3 is 2.88 bits per heavy atom. The molecule has 0 saturated carbocycles. The van der Waals surface area contributed by atoms with Gasteiger partial charge in [-0.2, -0.15) is 0 Å². The van der Waals surface area contributed by atoms with E-state index >= 15 is 0 Å². The van der Waals surface area contributed by atoms with Gasteiger partial charge in [0.15, 0.2) is 0 Å². The van der Waals surface area contributed by atoms with Gasteiger partial charge in [-0.3, -0.25) is 10.2 Å². The van der Waals surface area contributed by atoms with Gasteiger partial charge in [0.1, 0.15) is 5.75 Å². The van der Waals surface area contributed by atoms with E-state index < -0.39 is 0 Å². The summed E-state index contributed by atoms with van der Waals surface area (Å²) in [6.07, 6.45) is 0. The van der Waals surface area contributed by atoms with Crippen molar-refractivity contribution in [2.45, 2.75) is 24.0 Å². The number of benzene rings is 1. The van der Waals surface area contributed by atoms with Gasteiger partial charge < -0.3 is 10.5 Å². The number of carbonyl (C=O) groups is 1. The van der Waals surface area contributed by atoms with Crippen LogP contribution in [-0.4, -0.2) is 17.8 Å². The zero-order chi connectivity index (χ0) is 12.8. The summed E-state index contributed by atoms with van der Waals surface area (Å²) in [5, 5.41) is -0.306. The van der Waals surface area contributed by atoms with Crippen LogP contribution in [-0.2, 0) is 4.79 Å². The summed E-state index contributed by atoms with van der Waals surface area (Å²) in [5.41, 5.74) is 8.57. The fourth-order valence-electron chi connectivity index (χ4n) is 1.23. The monoisotopic (exact) mass is 255 g/mol. The Morgan fingerprint density at radius 2 is 2.29 bits per heavy atom. The van der Waals surface area contributed by atoms with Gasteiger partial charge in [0, 0.05) is 10.6 Å². The number of nitrogen functional groups attached to an aromatic ring is 1. The van der Waals surface area contributed by atoms with Crippen molar-refractivity contribution in [2.24, 2.45) is 5.84 Å². The number of carbonyl (C=O) groups excluding carboxylic acids is 1. The lowest BCUT2D eigenvalue weighted by atomic mass is 10.3. The maximum absolute atomic E-state index is 11.3. The van der Waals surface area contributed by atoms with E-state index in [1.165, 1.54) is 11.8 Å². The Balaban J connectivity index is 2.82. The molecule has 0 fully saturated rings. The second kappa shape index (κ2) is 6.36. The number of thioether (sulfide) groups is 1. The number of rotatable bonds is 5. The summed E-state index contributed by atoms with van der Waals surface area (Å²) < 4.78 is 5.38. The third kappa shape index (κ3) is 3.83. The lowest BCUT2D eigenvalue weighted by Crippen LogP contribution is -2.36. The second-order valence-electron chi connectivity index (χ2n) is 3.40. The summed E-state index contributed by atoms with van der Waals surface area (Å²) in [6.45, 7) is 4.26. The van der Waals surface area contributed by atoms with Gasteiger partial charge in [-0.1, -0.05) is 0 Å². The van der Waals surface area contributed by atoms with Crippen LogP contribution in [0, 0.1) is 0 Å². The number of ether oxygens (including phenoxy) is 1. The van der Waals surface area contributed by atoms with Crippen molar-refractivity contribution >= 4 is 23.4 Å². The molecule has 1 unspecified atom stereocenters. The minimum absolute atomic E-state index is 0.240. The fourth-order valence-corrected chi connectivity index (χ4v) is 2.18. The molecule has 0 aromatic heterocycles. The molecule has 0 aliphatic rings. The minimum atomic E-state index is -0.306. The molecule has 0 heterocycles. The molecule has 0 radical (unpaired) electrons. The highest BCUT2D eigenvalue weighted by atomic mass is 32.2. The summed E-state index contributed by atoms with van der Waals surface area (Å²) in [4.78, 5) is 12.1. The predicted molar refractivity (Wildman–Crippen MR) is 69.7 cm³/mol. The molecule has 0 aliphatic heterocycles. The Hall–Kier alpha value is -1.40. The normalized spacial score (nSPS) is 11.9. The smallest absolute Gasteiger partial charge is 0.247 e. The highest BCUT2D eigenvalue weighted by Crippen LogP contribution is 2.32. The van der Waals surface area contributed by atoms with Crippen molar-refractivity contribution in [3.8, 4) is 5.75 Å². The summed E-state index contributed by atoms with van der Waals surface area (Å²) in [6, 6.07) is 5.39. The molecule has 17 heavy (non-hydrogen) atoms. The van der Waals surface area contributed by atoms with E-state index in [9.17, 15) is 4.79 Å². The van der Waals surface area contributed by atoms with Gasteiger partial charge in [-0.15, -0.1) is 11.8 Å². The fraction of sp³-hybridized carbons (Fsp3) is 0.364. The van der Waals surface area contributed by atoms with E-state index in [1.54, 1.807) is 19.1 Å². The average molecular weight is 255 g/mol. The second-order valence-corrected chi connectivity index (χ2v) is 4.78. The van der Waals surface area contributed by atoms with Crippen LogP contribution in [0.5, 0.6) is 5.75 Å². The van der Waals surface area contributed by atoms with Crippen molar-refractivity contribution < 1.29 is 9.53 Å². The quantitative estimate of drug-likeness (QED) is 0.241. The standard InChI is InChI=1S/C11H17N3O2S/c1-3-16-8-4-5-9(12)10(6-8)17-7(2)11(15)14-13/h4-7H,3,12-13H2,1-2H3,(H,14,15). The van der Waals surface area contributed by atoms with E-state index in [0.717, 1.165) is 10.6 Å².